The lowest BCUT2D eigenvalue weighted by Gasteiger charge is -2.34. The summed E-state index contributed by atoms with van der Waals surface area (Å²) in [4.78, 5) is 17.6. The number of nitrogens with zero attached hydrogens (tertiary/aromatic N) is 3. The Hall–Kier alpha value is -3.52. The quantitative estimate of drug-likeness (QED) is 0.247. The Labute approximate surface area is 233 Å². The van der Waals surface area contributed by atoms with Gasteiger partial charge in [-0.1, -0.05) is 23.4 Å². The molecule has 0 N–H and O–H groups in total. The van der Waals surface area contributed by atoms with E-state index in [0.717, 1.165) is 70.7 Å². The molecule has 1 saturated carbocycles. The average Bonchev–Trinajstić information content (AvgIpc) is 3.50. The van der Waals surface area contributed by atoms with E-state index in [2.05, 4.69) is 27.9 Å². The summed E-state index contributed by atoms with van der Waals surface area (Å²) < 4.78 is 33.0. The van der Waals surface area contributed by atoms with Crippen LogP contribution in [-0.4, -0.2) is 40.5 Å². The average molecular weight is 546 g/mol. The number of hydrogen-bond acceptors (Lipinski definition) is 6. The number of cyclic esters (lactones) is 1. The molecular weight excluding hydrogens is 509 g/mol. The molecule has 8 heteroatoms. The summed E-state index contributed by atoms with van der Waals surface area (Å²) in [6, 6.07) is 13.5. The van der Waals surface area contributed by atoms with Crippen LogP contribution in [0.1, 0.15) is 85.7 Å². The molecule has 2 fully saturated rings. The summed E-state index contributed by atoms with van der Waals surface area (Å²) in [5.41, 5.74) is 5.94. The second kappa shape index (κ2) is 11.2. The Balaban J connectivity index is 1.49. The molecule has 3 heterocycles. The molecule has 0 bridgehead atoms. The molecule has 6 rings (SSSR count). The van der Waals surface area contributed by atoms with E-state index >= 15 is 0 Å². The van der Waals surface area contributed by atoms with Crippen LogP contribution >= 0.6 is 0 Å². The summed E-state index contributed by atoms with van der Waals surface area (Å²) >= 11 is 0. The van der Waals surface area contributed by atoms with E-state index in [1.165, 1.54) is 12.1 Å². The Morgan fingerprint density at radius 2 is 1.75 bits per heavy atom. The number of fused-ring (bicyclic) bond motifs is 1. The third-order valence-electron chi connectivity index (χ3n) is 8.85. The summed E-state index contributed by atoms with van der Waals surface area (Å²) in [5, 5.41) is 4.15. The van der Waals surface area contributed by atoms with Crippen molar-refractivity contribution in [2.45, 2.75) is 82.8 Å². The molecule has 1 saturated heterocycles. The lowest BCUT2D eigenvalue weighted by Crippen LogP contribution is -2.27. The van der Waals surface area contributed by atoms with Crippen molar-refractivity contribution in [3.8, 4) is 11.1 Å². The van der Waals surface area contributed by atoms with E-state index in [0.29, 0.717) is 25.9 Å². The van der Waals surface area contributed by atoms with Gasteiger partial charge in [-0.2, -0.15) is 0 Å². The van der Waals surface area contributed by atoms with Crippen molar-refractivity contribution >= 4 is 17.0 Å². The summed E-state index contributed by atoms with van der Waals surface area (Å²) in [7, 11) is 1.79. The van der Waals surface area contributed by atoms with Gasteiger partial charge in [0.15, 0.2) is 0 Å². The van der Waals surface area contributed by atoms with Gasteiger partial charge < -0.3 is 18.6 Å². The fourth-order valence-corrected chi connectivity index (χ4v) is 6.82. The van der Waals surface area contributed by atoms with Crippen LogP contribution in [0.5, 0.6) is 0 Å². The largest absolute Gasteiger partial charge is 0.466 e. The topological polar surface area (TPSA) is 79.4 Å². The van der Waals surface area contributed by atoms with Crippen LogP contribution in [0.2, 0.25) is 0 Å². The van der Waals surface area contributed by atoms with Gasteiger partial charge in [-0.3, -0.25) is 4.79 Å². The van der Waals surface area contributed by atoms with E-state index in [9.17, 15) is 9.18 Å². The SMILES string of the molecule is COC1CCC(n2c([C@@H]3CCOC(=O)CCC3c3ccc(F)cc3)nc3cc(-c4c(C)noc4C)ccc32)CC1. The van der Waals surface area contributed by atoms with Crippen LogP contribution in [-0.2, 0) is 14.3 Å². The summed E-state index contributed by atoms with van der Waals surface area (Å²) in [6.45, 7) is 4.23. The second-order valence-corrected chi connectivity index (χ2v) is 11.2. The molecule has 40 heavy (non-hydrogen) atoms. The first-order chi connectivity index (χ1) is 19.4. The van der Waals surface area contributed by atoms with Crippen molar-refractivity contribution in [3.05, 3.63) is 71.1 Å². The second-order valence-electron chi connectivity index (χ2n) is 11.2. The van der Waals surface area contributed by atoms with E-state index in [1.807, 2.05) is 26.0 Å². The van der Waals surface area contributed by atoms with Crippen molar-refractivity contribution in [1.82, 2.24) is 14.7 Å². The molecule has 7 nitrogen and oxygen atoms in total. The minimum absolute atomic E-state index is 0.00799. The zero-order valence-electron chi connectivity index (χ0n) is 23.4. The first-order valence-electron chi connectivity index (χ1n) is 14.3. The van der Waals surface area contributed by atoms with Crippen molar-refractivity contribution in [2.24, 2.45) is 0 Å². The number of benzene rings is 2. The molecule has 2 aromatic heterocycles. The Bertz CT molecular complexity index is 1480. The highest BCUT2D eigenvalue weighted by Crippen LogP contribution is 2.44. The number of aromatic nitrogens is 3. The maximum absolute atomic E-state index is 13.9. The van der Waals surface area contributed by atoms with E-state index < -0.39 is 0 Å². The fraction of sp³-hybridized carbons (Fsp3) is 0.469. The van der Waals surface area contributed by atoms with E-state index in [-0.39, 0.29) is 35.8 Å². The molecule has 1 aliphatic carbocycles. The lowest BCUT2D eigenvalue weighted by molar-refractivity contribution is -0.144. The molecule has 2 aromatic carbocycles. The highest BCUT2D eigenvalue weighted by Gasteiger charge is 2.35. The van der Waals surface area contributed by atoms with Gasteiger partial charge in [0.2, 0.25) is 0 Å². The number of aryl methyl sites for hydroxylation is 2. The molecule has 4 aromatic rings. The molecule has 2 aliphatic rings. The number of hydrogen-bond donors (Lipinski definition) is 0. The van der Waals surface area contributed by atoms with Gasteiger partial charge in [-0.15, -0.1) is 0 Å². The van der Waals surface area contributed by atoms with Gasteiger partial charge in [-0.05, 0) is 93.7 Å². The number of methoxy groups -OCH3 is 1. The molecular formula is C32H36FN3O4. The van der Waals surface area contributed by atoms with Crippen molar-refractivity contribution in [3.63, 3.8) is 0 Å². The zero-order valence-corrected chi connectivity index (χ0v) is 23.4. The van der Waals surface area contributed by atoms with Crippen molar-refractivity contribution in [1.29, 1.82) is 0 Å². The van der Waals surface area contributed by atoms with E-state index in [4.69, 9.17) is 19.0 Å². The van der Waals surface area contributed by atoms with Crippen LogP contribution in [0, 0.1) is 19.7 Å². The van der Waals surface area contributed by atoms with Crippen LogP contribution in [0.4, 0.5) is 4.39 Å². The predicted octanol–water partition coefficient (Wildman–Crippen LogP) is 7.17. The number of carbonyl (C=O) groups excluding carboxylic acids is 1. The van der Waals surface area contributed by atoms with Gasteiger partial charge in [0.25, 0.3) is 0 Å². The number of halogens is 1. The van der Waals surface area contributed by atoms with E-state index in [1.54, 1.807) is 7.11 Å². The van der Waals surface area contributed by atoms with Gasteiger partial charge in [0.1, 0.15) is 17.4 Å². The lowest BCUT2D eigenvalue weighted by atomic mass is 9.79. The molecule has 1 aliphatic heterocycles. The Morgan fingerprint density at radius 1 is 0.975 bits per heavy atom. The van der Waals surface area contributed by atoms with Crippen LogP contribution in [0.15, 0.2) is 47.0 Å². The van der Waals surface area contributed by atoms with Gasteiger partial charge in [-0.25, -0.2) is 9.37 Å². The number of rotatable bonds is 5. The summed E-state index contributed by atoms with van der Waals surface area (Å²) in [5.74, 6) is 1.38. The predicted molar refractivity (Wildman–Crippen MR) is 150 cm³/mol. The highest BCUT2D eigenvalue weighted by atomic mass is 19.1. The molecule has 0 amide bonds. The Morgan fingerprint density at radius 3 is 2.45 bits per heavy atom. The smallest absolute Gasteiger partial charge is 0.305 e. The minimum Gasteiger partial charge on any atom is -0.466 e. The third-order valence-corrected chi connectivity index (χ3v) is 8.85. The molecule has 0 radical (unpaired) electrons. The zero-order chi connectivity index (χ0) is 27.8. The number of ether oxygens (including phenoxy) is 2. The number of esters is 1. The fourth-order valence-electron chi connectivity index (χ4n) is 6.82. The molecule has 0 spiro atoms. The van der Waals surface area contributed by atoms with Crippen molar-refractivity contribution in [2.75, 3.05) is 13.7 Å². The molecule has 1 unspecified atom stereocenters. The highest BCUT2D eigenvalue weighted by molar-refractivity contribution is 5.84. The van der Waals surface area contributed by atoms with Gasteiger partial charge in [0, 0.05) is 31.1 Å². The van der Waals surface area contributed by atoms with Crippen LogP contribution in [0.3, 0.4) is 0 Å². The maximum atomic E-state index is 13.9. The minimum atomic E-state index is -0.264. The first kappa shape index (κ1) is 26.7. The molecule has 2 atom stereocenters. The first-order valence-corrected chi connectivity index (χ1v) is 14.3. The third kappa shape index (κ3) is 5.05. The number of imidazole rings is 1. The van der Waals surface area contributed by atoms with Crippen molar-refractivity contribution < 1.29 is 23.2 Å². The standard InChI is InChI=1S/C32H36FN3O4/c1-19-31(20(2)40-35-19)22-6-14-29-28(18-22)34-32(36(29)24-9-11-25(38-3)12-10-24)27-16-17-39-30(37)15-13-26(27)21-4-7-23(33)8-5-21/h4-8,14,18,24-27H,9-13,15-17H2,1-3H3/t24?,25?,26?,27-/m1/s1. The maximum Gasteiger partial charge on any atom is 0.305 e. The van der Waals surface area contributed by atoms with Crippen LogP contribution in [0.25, 0.3) is 22.2 Å². The number of carbonyl (C=O) groups is 1. The van der Waals surface area contributed by atoms with Crippen LogP contribution < -0.4 is 0 Å². The molecule has 210 valence electrons. The van der Waals surface area contributed by atoms with Gasteiger partial charge in [0.05, 0.1) is 29.4 Å². The monoisotopic (exact) mass is 545 g/mol. The Kier molecular flexibility index (Phi) is 7.45. The normalized spacial score (nSPS) is 24.1. The summed E-state index contributed by atoms with van der Waals surface area (Å²) in [6.07, 6.45) is 5.90. The van der Waals surface area contributed by atoms with Gasteiger partial charge >= 0.3 is 5.97 Å².